The number of imidazole rings is 1. The van der Waals surface area contributed by atoms with Crippen LogP contribution in [-0.2, 0) is 23.1 Å². The molecule has 46 heavy (non-hydrogen) atoms. The zero-order valence-electron chi connectivity index (χ0n) is 27.1. The summed E-state index contributed by atoms with van der Waals surface area (Å²) >= 11 is 0. The fourth-order valence-corrected chi connectivity index (χ4v) is 5.95. The predicted molar refractivity (Wildman–Crippen MR) is 184 cm³/mol. The number of H-pyrrole nitrogens is 1. The molecule has 6 rings (SSSR count). The number of amides is 3. The second kappa shape index (κ2) is 13.2. The highest BCUT2D eigenvalue weighted by atomic mass is 16.2. The van der Waals surface area contributed by atoms with Crippen LogP contribution in [0.2, 0.25) is 0 Å². The van der Waals surface area contributed by atoms with E-state index in [-0.39, 0.29) is 17.4 Å². The van der Waals surface area contributed by atoms with Crippen LogP contribution in [0.15, 0.2) is 78.9 Å². The number of aryl methyl sites for hydroxylation is 2. The Morgan fingerprint density at radius 3 is 2.35 bits per heavy atom. The number of nitrogens with one attached hydrogen (secondary N) is 3. The first-order chi connectivity index (χ1) is 22.1. The standard InChI is InChI=1S/C37H43N7O2/c1-25-9-15-29(16-10-25)44-34(24-32(42-44)37(2,3)4)41-36(46)38-28-13-11-26(12-14-28)23-27-19-21-43(22-20-27)35(45)18-17-33-39-30-7-5-6-8-31(30)40-33/h5-16,24,27H,17-23H2,1-4H3,(H,39,40)(H2,38,41,46). The number of piperidine rings is 1. The molecule has 5 aromatic rings. The highest BCUT2D eigenvalue weighted by molar-refractivity contribution is 5.99. The van der Waals surface area contributed by atoms with E-state index in [4.69, 9.17) is 5.10 Å². The van der Waals surface area contributed by atoms with Crippen molar-refractivity contribution >= 4 is 34.5 Å². The Morgan fingerprint density at radius 1 is 0.935 bits per heavy atom. The number of nitrogens with zero attached hydrogens (tertiary/aromatic N) is 4. The molecule has 1 fully saturated rings. The van der Waals surface area contributed by atoms with Gasteiger partial charge in [-0.2, -0.15) is 5.10 Å². The van der Waals surface area contributed by atoms with Crippen LogP contribution in [0, 0.1) is 12.8 Å². The van der Waals surface area contributed by atoms with Crippen molar-refractivity contribution in [3.8, 4) is 5.69 Å². The number of anilines is 2. The third kappa shape index (κ3) is 7.47. The lowest BCUT2D eigenvalue weighted by atomic mass is 9.90. The van der Waals surface area contributed by atoms with Crippen molar-refractivity contribution < 1.29 is 9.59 Å². The van der Waals surface area contributed by atoms with Gasteiger partial charge in [-0.15, -0.1) is 0 Å². The molecule has 0 bridgehead atoms. The van der Waals surface area contributed by atoms with Crippen LogP contribution < -0.4 is 10.6 Å². The zero-order chi connectivity index (χ0) is 32.3. The molecular weight excluding hydrogens is 574 g/mol. The number of hydrogen-bond donors (Lipinski definition) is 3. The van der Waals surface area contributed by atoms with Gasteiger partial charge in [0.1, 0.15) is 11.6 Å². The minimum atomic E-state index is -0.321. The van der Waals surface area contributed by atoms with Crippen LogP contribution in [0.1, 0.15) is 62.7 Å². The summed E-state index contributed by atoms with van der Waals surface area (Å²) in [4.78, 5) is 35.8. The minimum absolute atomic E-state index is 0.166. The van der Waals surface area contributed by atoms with Gasteiger partial charge in [0.2, 0.25) is 5.91 Å². The molecule has 1 saturated heterocycles. The summed E-state index contributed by atoms with van der Waals surface area (Å²) in [5.74, 6) is 2.20. The summed E-state index contributed by atoms with van der Waals surface area (Å²) in [6.07, 6.45) is 4.03. The molecule has 3 N–H and O–H groups in total. The molecule has 0 saturated carbocycles. The third-order valence-corrected chi connectivity index (χ3v) is 8.72. The van der Waals surface area contributed by atoms with E-state index in [9.17, 15) is 9.59 Å². The van der Waals surface area contributed by atoms with Crippen LogP contribution in [0.5, 0.6) is 0 Å². The second-order valence-electron chi connectivity index (χ2n) is 13.4. The maximum absolute atomic E-state index is 13.0. The monoisotopic (exact) mass is 617 g/mol. The van der Waals surface area contributed by atoms with E-state index < -0.39 is 0 Å². The highest BCUT2D eigenvalue weighted by Gasteiger charge is 2.24. The van der Waals surface area contributed by atoms with Crippen molar-refractivity contribution in [1.29, 1.82) is 0 Å². The smallest absolute Gasteiger partial charge is 0.324 e. The minimum Gasteiger partial charge on any atom is -0.343 e. The van der Waals surface area contributed by atoms with Crippen LogP contribution in [-0.4, -0.2) is 49.7 Å². The first kappa shape index (κ1) is 31.1. The Bertz CT molecular complexity index is 1770. The Kier molecular flexibility index (Phi) is 8.92. The largest absolute Gasteiger partial charge is 0.343 e. The lowest BCUT2D eigenvalue weighted by molar-refractivity contribution is -0.132. The summed E-state index contributed by atoms with van der Waals surface area (Å²) in [6.45, 7) is 9.94. The molecule has 0 aliphatic carbocycles. The molecule has 0 unspecified atom stereocenters. The number of aromatic amines is 1. The highest BCUT2D eigenvalue weighted by Crippen LogP contribution is 2.27. The van der Waals surface area contributed by atoms with Crippen molar-refractivity contribution in [1.82, 2.24) is 24.6 Å². The Balaban J connectivity index is 0.983. The number of benzene rings is 3. The van der Waals surface area contributed by atoms with Gasteiger partial charge in [0.25, 0.3) is 0 Å². The molecule has 9 nitrogen and oxygen atoms in total. The summed E-state index contributed by atoms with van der Waals surface area (Å²) in [5, 5.41) is 10.8. The van der Waals surface area contributed by atoms with Gasteiger partial charge in [-0.05, 0) is 74.1 Å². The molecule has 0 radical (unpaired) electrons. The SMILES string of the molecule is Cc1ccc(-n2nc(C(C)(C)C)cc2NC(=O)Nc2ccc(CC3CCN(C(=O)CCc4nc5ccccc5[nH]4)CC3)cc2)cc1. The molecule has 3 amide bonds. The maximum Gasteiger partial charge on any atom is 0.324 e. The molecular formula is C37H43N7O2. The Morgan fingerprint density at radius 2 is 1.65 bits per heavy atom. The van der Waals surface area contributed by atoms with Crippen molar-refractivity contribution in [2.24, 2.45) is 5.92 Å². The lowest BCUT2D eigenvalue weighted by Gasteiger charge is -2.32. The van der Waals surface area contributed by atoms with Gasteiger partial charge in [0.15, 0.2) is 0 Å². The average molecular weight is 618 g/mol. The van der Waals surface area contributed by atoms with E-state index in [0.717, 1.165) is 71.8 Å². The molecule has 3 heterocycles. The first-order valence-electron chi connectivity index (χ1n) is 16.2. The number of rotatable bonds is 8. The van der Waals surface area contributed by atoms with Crippen LogP contribution in [0.4, 0.5) is 16.3 Å². The topological polar surface area (TPSA) is 108 Å². The summed E-state index contributed by atoms with van der Waals surface area (Å²) in [5.41, 5.74) is 6.68. The number of fused-ring (bicyclic) bond motifs is 1. The molecule has 0 atom stereocenters. The van der Waals surface area contributed by atoms with Crippen molar-refractivity contribution in [3.05, 3.63) is 102 Å². The van der Waals surface area contributed by atoms with Gasteiger partial charge in [0.05, 0.1) is 22.4 Å². The van der Waals surface area contributed by atoms with E-state index in [1.807, 2.05) is 78.6 Å². The molecule has 3 aromatic carbocycles. The third-order valence-electron chi connectivity index (χ3n) is 8.72. The van der Waals surface area contributed by atoms with Gasteiger partial charge in [-0.25, -0.2) is 14.5 Å². The predicted octanol–water partition coefficient (Wildman–Crippen LogP) is 7.41. The van der Waals surface area contributed by atoms with Crippen LogP contribution in [0.25, 0.3) is 16.7 Å². The molecule has 2 aromatic heterocycles. The Labute approximate surface area is 270 Å². The molecule has 1 aliphatic heterocycles. The first-order valence-corrected chi connectivity index (χ1v) is 16.2. The number of carbonyl (C=O) groups is 2. The second-order valence-corrected chi connectivity index (χ2v) is 13.4. The van der Waals surface area contributed by atoms with Gasteiger partial charge in [0, 0.05) is 43.1 Å². The number of likely N-dealkylation sites (tertiary alicyclic amines) is 1. The molecule has 238 valence electrons. The lowest BCUT2D eigenvalue weighted by Crippen LogP contribution is -2.39. The van der Waals surface area contributed by atoms with Crippen molar-refractivity contribution in [2.75, 3.05) is 23.7 Å². The van der Waals surface area contributed by atoms with E-state index in [2.05, 4.69) is 53.5 Å². The summed E-state index contributed by atoms with van der Waals surface area (Å²) in [7, 11) is 0. The maximum atomic E-state index is 13.0. The molecule has 9 heteroatoms. The number of urea groups is 1. The fourth-order valence-electron chi connectivity index (χ4n) is 5.95. The average Bonchev–Trinajstić information content (AvgIpc) is 3.66. The van der Waals surface area contributed by atoms with Crippen LogP contribution >= 0.6 is 0 Å². The van der Waals surface area contributed by atoms with E-state index in [0.29, 0.717) is 24.6 Å². The van der Waals surface area contributed by atoms with Crippen LogP contribution in [0.3, 0.4) is 0 Å². The number of hydrogen-bond acceptors (Lipinski definition) is 4. The number of aromatic nitrogens is 4. The normalized spacial score (nSPS) is 14.0. The summed E-state index contributed by atoms with van der Waals surface area (Å²) in [6, 6.07) is 25.7. The number of carbonyl (C=O) groups excluding carboxylic acids is 2. The molecule has 1 aliphatic rings. The van der Waals surface area contributed by atoms with Gasteiger partial charge < -0.3 is 15.2 Å². The van der Waals surface area contributed by atoms with E-state index in [1.165, 1.54) is 5.56 Å². The van der Waals surface area contributed by atoms with Gasteiger partial charge in [-0.1, -0.05) is 62.7 Å². The van der Waals surface area contributed by atoms with Crippen molar-refractivity contribution in [2.45, 2.75) is 65.2 Å². The quantitative estimate of drug-likeness (QED) is 0.168. The fraction of sp³-hybridized carbons (Fsp3) is 0.351. The zero-order valence-corrected chi connectivity index (χ0v) is 27.1. The van der Waals surface area contributed by atoms with E-state index >= 15 is 0 Å². The van der Waals surface area contributed by atoms with Gasteiger partial charge >= 0.3 is 6.03 Å². The Hall–Kier alpha value is -4.92. The van der Waals surface area contributed by atoms with Gasteiger partial charge in [-0.3, -0.25) is 10.1 Å². The summed E-state index contributed by atoms with van der Waals surface area (Å²) < 4.78 is 1.78. The molecule has 0 spiro atoms. The number of para-hydroxylation sites is 2. The van der Waals surface area contributed by atoms with E-state index in [1.54, 1.807) is 4.68 Å². The van der Waals surface area contributed by atoms with Crippen molar-refractivity contribution in [3.63, 3.8) is 0 Å².